The molecular formula is C8H5BrN2O2. The molecule has 2 heterocycles. The minimum Gasteiger partial charge on any atom is -0.477 e. The van der Waals surface area contributed by atoms with Crippen molar-refractivity contribution in [3.8, 4) is 0 Å². The maximum absolute atomic E-state index is 10.6. The van der Waals surface area contributed by atoms with Gasteiger partial charge in [0.25, 0.3) is 0 Å². The van der Waals surface area contributed by atoms with Gasteiger partial charge in [0.1, 0.15) is 11.7 Å². The zero-order chi connectivity index (χ0) is 9.42. The quantitative estimate of drug-likeness (QED) is 0.748. The second-order valence-electron chi connectivity index (χ2n) is 2.65. The fraction of sp³-hybridized carbons (Fsp3) is 0.125. The number of carboxylic acids is 1. The zero-order valence-electron chi connectivity index (χ0n) is 6.44. The van der Waals surface area contributed by atoms with Gasteiger partial charge in [-0.15, -0.1) is 0 Å². The minimum absolute atomic E-state index is 0.0654. The second-order valence-corrected chi connectivity index (χ2v) is 3.56. The topological polar surface area (TPSA) is 62.0 Å². The number of carboxylic acid groups (broad SMARTS) is 1. The average Bonchev–Trinajstić information content (AvgIpc) is 2.46. The maximum Gasteiger partial charge on any atom is 0.354 e. The van der Waals surface area contributed by atoms with Crippen LogP contribution in [0.5, 0.6) is 0 Å². The van der Waals surface area contributed by atoms with Gasteiger partial charge in [-0.1, -0.05) is 0 Å². The number of nitrogens with zero attached hydrogens (tertiary/aromatic N) is 2. The molecule has 0 saturated carbocycles. The normalized spacial score (nSPS) is 24.7. The van der Waals surface area contributed by atoms with Gasteiger partial charge < -0.3 is 5.11 Å². The summed E-state index contributed by atoms with van der Waals surface area (Å²) in [7, 11) is 0. The lowest BCUT2D eigenvalue weighted by molar-refractivity contribution is -0.132. The first kappa shape index (κ1) is 8.37. The van der Waals surface area contributed by atoms with E-state index >= 15 is 0 Å². The van der Waals surface area contributed by atoms with Gasteiger partial charge in [0.15, 0.2) is 0 Å². The molecule has 1 N–H and O–H groups in total. The molecule has 0 amide bonds. The number of hydrogen-bond donors (Lipinski definition) is 1. The Morgan fingerprint density at radius 2 is 2.38 bits per heavy atom. The van der Waals surface area contributed by atoms with Crippen molar-refractivity contribution in [3.63, 3.8) is 0 Å². The van der Waals surface area contributed by atoms with Gasteiger partial charge in [-0.3, -0.25) is 4.99 Å². The molecular weight excluding hydrogens is 236 g/mol. The van der Waals surface area contributed by atoms with Gasteiger partial charge in [-0.05, 0) is 28.1 Å². The van der Waals surface area contributed by atoms with Crippen LogP contribution in [0, 0.1) is 0 Å². The molecule has 0 aromatic carbocycles. The number of allylic oxidation sites excluding steroid dienone is 1. The van der Waals surface area contributed by atoms with E-state index in [2.05, 4.69) is 25.9 Å². The Hall–Kier alpha value is -1.23. The Bertz CT molecular complexity index is 393. The summed E-state index contributed by atoms with van der Waals surface area (Å²) in [4.78, 5) is 18.6. The number of aliphatic imine (C=N–C) groups is 2. The molecule has 2 rings (SSSR count). The summed E-state index contributed by atoms with van der Waals surface area (Å²) < 4.78 is 0.808. The van der Waals surface area contributed by atoms with Crippen LogP contribution in [-0.4, -0.2) is 29.0 Å². The predicted octanol–water partition coefficient (Wildman–Crippen LogP) is 1.14. The van der Waals surface area contributed by atoms with Crippen molar-refractivity contribution in [1.29, 1.82) is 0 Å². The van der Waals surface area contributed by atoms with Crippen LogP contribution < -0.4 is 0 Å². The number of fused-ring (bicyclic) bond motifs is 1. The highest BCUT2D eigenvalue weighted by Gasteiger charge is 2.23. The third-order valence-electron chi connectivity index (χ3n) is 1.73. The Morgan fingerprint density at radius 3 is 3.08 bits per heavy atom. The molecule has 0 aromatic heterocycles. The largest absolute Gasteiger partial charge is 0.477 e. The van der Waals surface area contributed by atoms with Crippen LogP contribution in [0.4, 0.5) is 0 Å². The Kier molecular flexibility index (Phi) is 1.88. The molecule has 0 fully saturated rings. The van der Waals surface area contributed by atoms with Crippen LogP contribution in [0.1, 0.15) is 0 Å². The van der Waals surface area contributed by atoms with Crippen molar-refractivity contribution in [1.82, 2.24) is 0 Å². The van der Waals surface area contributed by atoms with Crippen LogP contribution in [-0.2, 0) is 4.79 Å². The highest BCUT2D eigenvalue weighted by atomic mass is 79.9. The Balaban J connectivity index is 2.36. The van der Waals surface area contributed by atoms with Gasteiger partial charge in [-0.2, -0.15) is 0 Å². The van der Waals surface area contributed by atoms with Crippen molar-refractivity contribution < 1.29 is 9.90 Å². The lowest BCUT2D eigenvalue weighted by Crippen LogP contribution is -2.14. The summed E-state index contributed by atoms with van der Waals surface area (Å²) in [5, 5.41) is 8.67. The summed E-state index contributed by atoms with van der Waals surface area (Å²) in [6.07, 6.45) is 4.94. The summed E-state index contributed by atoms with van der Waals surface area (Å²) in [6, 6.07) is -0.215. The first-order valence-corrected chi connectivity index (χ1v) is 4.40. The van der Waals surface area contributed by atoms with Crippen molar-refractivity contribution in [3.05, 3.63) is 22.3 Å². The summed E-state index contributed by atoms with van der Waals surface area (Å²) >= 11 is 3.24. The van der Waals surface area contributed by atoms with E-state index in [1.165, 1.54) is 6.08 Å². The zero-order valence-corrected chi connectivity index (χ0v) is 8.02. The molecule has 66 valence electrons. The third kappa shape index (κ3) is 1.47. The van der Waals surface area contributed by atoms with Crippen molar-refractivity contribution >= 4 is 33.8 Å². The van der Waals surface area contributed by atoms with E-state index < -0.39 is 5.97 Å². The number of rotatable bonds is 1. The summed E-state index contributed by atoms with van der Waals surface area (Å²) in [5.41, 5.74) is 0.738. The monoisotopic (exact) mass is 240 g/mol. The van der Waals surface area contributed by atoms with E-state index in [1.807, 2.05) is 0 Å². The highest BCUT2D eigenvalue weighted by Crippen LogP contribution is 2.20. The molecule has 0 spiro atoms. The highest BCUT2D eigenvalue weighted by molar-refractivity contribution is 9.12. The maximum atomic E-state index is 10.6. The Labute approximate surface area is 82.5 Å². The first-order chi connectivity index (χ1) is 6.16. The molecule has 1 atom stereocenters. The molecule has 0 radical (unpaired) electrons. The SMILES string of the molecule is O=C(O)C1=C[C@H]2N=CC(Br)=CC2=N1. The lowest BCUT2D eigenvalue weighted by Gasteiger charge is -2.06. The van der Waals surface area contributed by atoms with Gasteiger partial charge >= 0.3 is 5.97 Å². The standard InChI is InChI=1S/C8H5BrN2O2/c9-4-1-6-5(10-3-4)2-7(11-6)8(12)13/h1-3,5H,(H,12,13)/t5-/m1/s1. The summed E-state index contributed by atoms with van der Waals surface area (Å²) in [5.74, 6) is -1.01. The molecule has 0 saturated heterocycles. The molecule has 0 bridgehead atoms. The lowest BCUT2D eigenvalue weighted by atomic mass is 10.1. The van der Waals surface area contributed by atoms with E-state index in [0.29, 0.717) is 5.71 Å². The molecule has 2 aliphatic heterocycles. The van der Waals surface area contributed by atoms with E-state index in [4.69, 9.17) is 5.11 Å². The van der Waals surface area contributed by atoms with Crippen LogP contribution in [0.15, 0.2) is 32.3 Å². The fourth-order valence-corrected chi connectivity index (χ4v) is 1.52. The number of dihydropyridines is 1. The first-order valence-electron chi connectivity index (χ1n) is 3.61. The number of halogens is 1. The van der Waals surface area contributed by atoms with E-state index in [9.17, 15) is 4.79 Å². The van der Waals surface area contributed by atoms with Gasteiger partial charge in [0.05, 0.1) is 5.71 Å². The number of hydrogen-bond acceptors (Lipinski definition) is 3. The smallest absolute Gasteiger partial charge is 0.354 e. The van der Waals surface area contributed by atoms with Crippen molar-refractivity contribution in [2.75, 3.05) is 0 Å². The van der Waals surface area contributed by atoms with Crippen LogP contribution in [0.3, 0.4) is 0 Å². The van der Waals surface area contributed by atoms with Crippen molar-refractivity contribution in [2.45, 2.75) is 6.04 Å². The van der Waals surface area contributed by atoms with Gasteiger partial charge in [0.2, 0.25) is 0 Å². The van der Waals surface area contributed by atoms with Crippen LogP contribution in [0.25, 0.3) is 0 Å². The second kappa shape index (κ2) is 2.92. The molecule has 5 heteroatoms. The summed E-state index contributed by atoms with van der Waals surface area (Å²) in [6.45, 7) is 0. The molecule has 2 aliphatic rings. The van der Waals surface area contributed by atoms with Gasteiger partial charge in [0, 0.05) is 10.7 Å². The molecule has 0 aliphatic carbocycles. The van der Waals surface area contributed by atoms with Gasteiger partial charge in [-0.25, -0.2) is 9.79 Å². The molecule has 0 unspecified atom stereocenters. The number of carbonyl (C=O) groups is 1. The van der Waals surface area contributed by atoms with E-state index in [0.717, 1.165) is 4.48 Å². The van der Waals surface area contributed by atoms with E-state index in [1.54, 1.807) is 12.3 Å². The average molecular weight is 241 g/mol. The van der Waals surface area contributed by atoms with E-state index in [-0.39, 0.29) is 11.7 Å². The molecule has 13 heavy (non-hydrogen) atoms. The third-order valence-corrected chi connectivity index (χ3v) is 2.17. The molecule has 4 nitrogen and oxygen atoms in total. The minimum atomic E-state index is -1.01. The number of aliphatic carboxylic acids is 1. The van der Waals surface area contributed by atoms with Crippen LogP contribution >= 0.6 is 15.9 Å². The molecule has 0 aromatic rings. The Morgan fingerprint density at radius 1 is 1.62 bits per heavy atom. The van der Waals surface area contributed by atoms with Crippen molar-refractivity contribution in [2.24, 2.45) is 9.98 Å². The fourth-order valence-electron chi connectivity index (χ4n) is 1.16. The van der Waals surface area contributed by atoms with Crippen LogP contribution in [0.2, 0.25) is 0 Å². The predicted molar refractivity (Wildman–Crippen MR) is 52.4 cm³/mol.